The minimum absolute atomic E-state index is 0. The van der Waals surface area contributed by atoms with Crippen molar-refractivity contribution in [3.05, 3.63) is 28.8 Å². The SMILES string of the molecule is CC(C)(C)CCNC(=O)c1ccc(N)cc1Cl.Cl. The summed E-state index contributed by atoms with van der Waals surface area (Å²) in [5.74, 6) is -0.153. The monoisotopic (exact) mass is 290 g/mol. The van der Waals surface area contributed by atoms with Crippen LogP contribution in [0.5, 0.6) is 0 Å². The highest BCUT2D eigenvalue weighted by Gasteiger charge is 2.13. The molecule has 0 saturated carbocycles. The van der Waals surface area contributed by atoms with E-state index in [4.69, 9.17) is 17.3 Å². The summed E-state index contributed by atoms with van der Waals surface area (Å²) in [5.41, 5.74) is 6.80. The van der Waals surface area contributed by atoms with E-state index in [1.807, 2.05) is 0 Å². The molecule has 1 aromatic rings. The van der Waals surface area contributed by atoms with E-state index in [2.05, 4.69) is 26.1 Å². The Balaban J connectivity index is 0.00000289. The Labute approximate surface area is 119 Å². The summed E-state index contributed by atoms with van der Waals surface area (Å²) < 4.78 is 0. The van der Waals surface area contributed by atoms with Crippen molar-refractivity contribution in [3.63, 3.8) is 0 Å². The molecule has 3 N–H and O–H groups in total. The molecule has 0 aliphatic carbocycles. The molecule has 18 heavy (non-hydrogen) atoms. The molecular formula is C13H20Cl2N2O. The van der Waals surface area contributed by atoms with Crippen molar-refractivity contribution in [2.75, 3.05) is 12.3 Å². The van der Waals surface area contributed by atoms with E-state index >= 15 is 0 Å². The number of rotatable bonds is 3. The molecule has 3 nitrogen and oxygen atoms in total. The lowest BCUT2D eigenvalue weighted by atomic mass is 9.92. The Morgan fingerprint density at radius 1 is 1.39 bits per heavy atom. The number of halogens is 2. The van der Waals surface area contributed by atoms with Crippen molar-refractivity contribution >= 4 is 35.6 Å². The molecule has 1 amide bonds. The number of amides is 1. The Morgan fingerprint density at radius 2 is 2.00 bits per heavy atom. The van der Waals surface area contributed by atoms with Gasteiger partial charge in [-0.2, -0.15) is 0 Å². The fourth-order valence-corrected chi connectivity index (χ4v) is 1.64. The zero-order valence-corrected chi connectivity index (χ0v) is 12.5. The van der Waals surface area contributed by atoms with Crippen LogP contribution in [0.1, 0.15) is 37.6 Å². The van der Waals surface area contributed by atoms with Crippen molar-refractivity contribution < 1.29 is 4.79 Å². The Bertz CT molecular complexity index is 414. The normalized spacial score (nSPS) is 10.7. The number of carbonyl (C=O) groups excluding carboxylic acids is 1. The van der Waals surface area contributed by atoms with E-state index in [1.165, 1.54) is 0 Å². The molecule has 0 heterocycles. The summed E-state index contributed by atoms with van der Waals surface area (Å²) in [5, 5.41) is 3.24. The first kappa shape index (κ1) is 17.1. The molecule has 0 saturated heterocycles. The Morgan fingerprint density at radius 3 is 2.50 bits per heavy atom. The van der Waals surface area contributed by atoms with Crippen LogP contribution in [0.2, 0.25) is 5.02 Å². The van der Waals surface area contributed by atoms with Crippen LogP contribution in [0.25, 0.3) is 0 Å². The second kappa shape index (κ2) is 6.86. The van der Waals surface area contributed by atoms with Crippen LogP contribution in [0.4, 0.5) is 5.69 Å². The topological polar surface area (TPSA) is 55.1 Å². The molecule has 0 radical (unpaired) electrons. The number of carbonyl (C=O) groups is 1. The van der Waals surface area contributed by atoms with Gasteiger partial charge in [0.1, 0.15) is 0 Å². The molecule has 0 aromatic heterocycles. The van der Waals surface area contributed by atoms with Gasteiger partial charge in [0.2, 0.25) is 0 Å². The van der Waals surface area contributed by atoms with Gasteiger partial charge < -0.3 is 11.1 Å². The molecule has 1 aromatic carbocycles. The number of hydrogen-bond donors (Lipinski definition) is 2. The van der Waals surface area contributed by atoms with E-state index < -0.39 is 0 Å². The molecular weight excluding hydrogens is 271 g/mol. The van der Waals surface area contributed by atoms with Crippen LogP contribution in [-0.4, -0.2) is 12.5 Å². The number of nitrogen functional groups attached to an aromatic ring is 1. The van der Waals surface area contributed by atoms with Gasteiger partial charge in [0.15, 0.2) is 0 Å². The maximum Gasteiger partial charge on any atom is 0.252 e. The Kier molecular flexibility index (Phi) is 6.50. The van der Waals surface area contributed by atoms with E-state index in [0.717, 1.165) is 6.42 Å². The van der Waals surface area contributed by atoms with Gasteiger partial charge in [-0.25, -0.2) is 0 Å². The average Bonchev–Trinajstić information content (AvgIpc) is 2.15. The molecule has 0 aliphatic heterocycles. The van der Waals surface area contributed by atoms with E-state index in [0.29, 0.717) is 22.8 Å². The standard InChI is InChI=1S/C13H19ClN2O.ClH/c1-13(2,3)6-7-16-12(17)10-5-4-9(15)8-11(10)14;/h4-5,8H,6-7,15H2,1-3H3,(H,16,17);1H. The lowest BCUT2D eigenvalue weighted by Crippen LogP contribution is -2.27. The predicted octanol–water partition coefficient (Wildman–Crippen LogP) is 3.51. The molecule has 0 bridgehead atoms. The fraction of sp³-hybridized carbons (Fsp3) is 0.462. The average molecular weight is 291 g/mol. The molecule has 102 valence electrons. The maximum atomic E-state index is 11.8. The van der Waals surface area contributed by atoms with Gasteiger partial charge in [-0.05, 0) is 30.0 Å². The highest BCUT2D eigenvalue weighted by molar-refractivity contribution is 6.34. The highest BCUT2D eigenvalue weighted by atomic mass is 35.5. The third kappa shape index (κ3) is 5.61. The van der Waals surface area contributed by atoms with Crippen molar-refractivity contribution in [2.45, 2.75) is 27.2 Å². The summed E-state index contributed by atoms with van der Waals surface area (Å²) in [7, 11) is 0. The third-order valence-electron chi connectivity index (χ3n) is 2.40. The van der Waals surface area contributed by atoms with Crippen molar-refractivity contribution in [3.8, 4) is 0 Å². The van der Waals surface area contributed by atoms with E-state index in [-0.39, 0.29) is 23.7 Å². The van der Waals surface area contributed by atoms with Crippen molar-refractivity contribution in [1.82, 2.24) is 5.32 Å². The minimum Gasteiger partial charge on any atom is -0.399 e. The molecule has 0 unspecified atom stereocenters. The zero-order valence-electron chi connectivity index (χ0n) is 10.9. The van der Waals surface area contributed by atoms with Crippen LogP contribution < -0.4 is 11.1 Å². The largest absolute Gasteiger partial charge is 0.399 e. The van der Waals surface area contributed by atoms with Crippen LogP contribution in [0, 0.1) is 5.41 Å². The number of benzene rings is 1. The number of nitrogens with two attached hydrogens (primary N) is 1. The molecule has 0 atom stereocenters. The minimum atomic E-state index is -0.153. The lowest BCUT2D eigenvalue weighted by Gasteiger charge is -2.18. The van der Waals surface area contributed by atoms with E-state index in [9.17, 15) is 4.79 Å². The van der Waals surface area contributed by atoms with Crippen LogP contribution in [-0.2, 0) is 0 Å². The predicted molar refractivity (Wildman–Crippen MR) is 79.5 cm³/mol. The third-order valence-corrected chi connectivity index (χ3v) is 2.71. The first-order valence-corrected chi connectivity index (χ1v) is 6.00. The number of anilines is 1. The van der Waals surface area contributed by atoms with Crippen molar-refractivity contribution in [1.29, 1.82) is 0 Å². The second-order valence-corrected chi connectivity index (χ2v) is 5.71. The van der Waals surface area contributed by atoms with Crippen molar-refractivity contribution in [2.24, 2.45) is 5.41 Å². The van der Waals surface area contributed by atoms with Gasteiger partial charge in [0.25, 0.3) is 5.91 Å². The summed E-state index contributed by atoms with van der Waals surface area (Å²) in [6.07, 6.45) is 0.922. The number of nitrogens with one attached hydrogen (secondary N) is 1. The van der Waals surface area contributed by atoms with Crippen LogP contribution >= 0.6 is 24.0 Å². The van der Waals surface area contributed by atoms with Gasteiger partial charge in [-0.15, -0.1) is 12.4 Å². The first-order valence-electron chi connectivity index (χ1n) is 5.63. The van der Waals surface area contributed by atoms with Gasteiger partial charge in [-0.3, -0.25) is 4.79 Å². The quantitative estimate of drug-likeness (QED) is 0.837. The fourth-order valence-electron chi connectivity index (χ4n) is 1.36. The summed E-state index contributed by atoms with van der Waals surface area (Å²) in [6, 6.07) is 4.90. The Hall–Kier alpha value is -0.930. The number of hydrogen-bond acceptors (Lipinski definition) is 2. The summed E-state index contributed by atoms with van der Waals surface area (Å²) >= 11 is 5.95. The first-order chi connectivity index (χ1) is 7.79. The van der Waals surface area contributed by atoms with Gasteiger partial charge in [0, 0.05) is 12.2 Å². The van der Waals surface area contributed by atoms with E-state index in [1.54, 1.807) is 18.2 Å². The van der Waals surface area contributed by atoms with Crippen LogP contribution in [0.3, 0.4) is 0 Å². The smallest absolute Gasteiger partial charge is 0.252 e. The van der Waals surface area contributed by atoms with Gasteiger partial charge in [0.05, 0.1) is 10.6 Å². The molecule has 1 rings (SSSR count). The zero-order chi connectivity index (χ0) is 13.1. The summed E-state index contributed by atoms with van der Waals surface area (Å²) in [6.45, 7) is 7.04. The molecule has 0 aliphatic rings. The molecule has 0 fully saturated rings. The molecule has 0 spiro atoms. The van der Waals surface area contributed by atoms with Gasteiger partial charge in [-0.1, -0.05) is 32.4 Å². The highest BCUT2D eigenvalue weighted by Crippen LogP contribution is 2.20. The lowest BCUT2D eigenvalue weighted by molar-refractivity contribution is 0.0949. The second-order valence-electron chi connectivity index (χ2n) is 5.31. The summed E-state index contributed by atoms with van der Waals surface area (Å²) in [4.78, 5) is 11.8. The maximum absolute atomic E-state index is 11.8. The van der Waals surface area contributed by atoms with Gasteiger partial charge >= 0.3 is 0 Å². The van der Waals surface area contributed by atoms with Crippen LogP contribution in [0.15, 0.2) is 18.2 Å². The molecule has 5 heteroatoms.